The molecule has 0 aromatic carbocycles. The van der Waals surface area contributed by atoms with Crippen LogP contribution in [-0.2, 0) is 43.9 Å². The average Bonchev–Trinajstić information content (AvgIpc) is 3.72. The summed E-state index contributed by atoms with van der Waals surface area (Å²) in [4.78, 5) is 46.1. The van der Waals surface area contributed by atoms with E-state index in [1.807, 2.05) is 0 Å². The summed E-state index contributed by atoms with van der Waals surface area (Å²) in [7, 11) is 0. The van der Waals surface area contributed by atoms with Crippen molar-refractivity contribution in [2.75, 3.05) is 18.9 Å². The lowest BCUT2D eigenvalue weighted by atomic mass is 10.1. The van der Waals surface area contributed by atoms with Crippen LogP contribution in [0.2, 0.25) is 0 Å². The Balaban J connectivity index is 1.21. The molecule has 0 saturated carbocycles. The summed E-state index contributed by atoms with van der Waals surface area (Å²) in [6.45, 7) is -8.61. The van der Waals surface area contributed by atoms with Crippen molar-refractivity contribution in [1.82, 2.24) is 39.0 Å². The highest BCUT2D eigenvalue weighted by atomic mass is 32.7. The lowest BCUT2D eigenvalue weighted by Gasteiger charge is -2.26. The summed E-state index contributed by atoms with van der Waals surface area (Å²) < 4.78 is 81.4. The van der Waals surface area contributed by atoms with Gasteiger partial charge in [0.2, 0.25) is 0 Å². The standard InChI is InChI=1S/C21H23F2N9O9P2S2/c1-7-29-18-13(19(33)30-7)28-6-32(18)21-15-10(22)8(38-21)2-36-42(34,44)40-14-9(3-37-43(35,45)41-15)39-20(11(14)23)31-5-27-12-16(24)25-4-26-17(12)31/h4-6,8-11,14-15,20-21H,2-3H2,1H3,(H,34,44)(H,35,45)(H2,24,25,26)(H,29,30,33)/t8-,9-,10?,11?,14+,15+,20-,21-,42?,43?/m1/s1. The quantitative estimate of drug-likeness (QED) is 0.170. The number of aromatic amines is 1. The maximum atomic E-state index is 16.0. The number of halogens is 2. The molecule has 242 valence electrons. The van der Waals surface area contributed by atoms with Crippen LogP contribution in [0.1, 0.15) is 18.3 Å². The number of hydrogen-bond donors (Lipinski definition) is 4. The lowest BCUT2D eigenvalue weighted by molar-refractivity contribution is -0.0578. The predicted octanol–water partition coefficient (Wildman–Crippen LogP) is 1.39. The fourth-order valence-corrected chi connectivity index (χ4v) is 8.21. The third-order valence-electron chi connectivity index (χ3n) is 7.33. The lowest BCUT2D eigenvalue weighted by Crippen LogP contribution is -2.34. The van der Waals surface area contributed by atoms with Gasteiger partial charge in [0, 0.05) is 0 Å². The maximum Gasteiger partial charge on any atom is 0.386 e. The van der Waals surface area contributed by atoms with Crippen molar-refractivity contribution < 1.29 is 45.8 Å². The van der Waals surface area contributed by atoms with E-state index in [9.17, 15) is 14.3 Å². The molecule has 7 rings (SSSR count). The number of nitrogens with one attached hydrogen (secondary N) is 1. The van der Waals surface area contributed by atoms with Gasteiger partial charge in [-0.3, -0.25) is 27.5 Å². The first-order valence-corrected chi connectivity index (χ1v) is 18.4. The Morgan fingerprint density at radius 2 is 1.69 bits per heavy atom. The smallest absolute Gasteiger partial charge is 0.382 e. The fraction of sp³-hybridized carbons (Fsp3) is 0.524. The highest BCUT2D eigenvalue weighted by Crippen LogP contribution is 2.58. The number of anilines is 1. The van der Waals surface area contributed by atoms with E-state index >= 15 is 8.78 Å². The third kappa shape index (κ3) is 5.61. The van der Waals surface area contributed by atoms with Gasteiger partial charge in [-0.1, -0.05) is 12.2 Å². The normalized spacial score (nSPS) is 37.7. The summed E-state index contributed by atoms with van der Waals surface area (Å²) in [5.41, 5.74) is 5.56. The number of thiol groups is 1. The number of hydrogen-bond acceptors (Lipinski definition) is 15. The van der Waals surface area contributed by atoms with Gasteiger partial charge in [-0.05, 0) is 18.7 Å². The largest absolute Gasteiger partial charge is 0.386 e. The summed E-state index contributed by atoms with van der Waals surface area (Å²) in [6, 6.07) is 0. The number of aromatic nitrogens is 8. The van der Waals surface area contributed by atoms with Crippen molar-refractivity contribution in [3.8, 4) is 0 Å². The van der Waals surface area contributed by atoms with Gasteiger partial charge in [0.25, 0.3) is 5.56 Å². The van der Waals surface area contributed by atoms with Gasteiger partial charge in [0.1, 0.15) is 42.1 Å². The van der Waals surface area contributed by atoms with Gasteiger partial charge in [-0.2, -0.15) is 0 Å². The molecule has 0 radical (unpaired) electrons. The summed E-state index contributed by atoms with van der Waals surface area (Å²) in [5.74, 6) is 0.282. The van der Waals surface area contributed by atoms with E-state index in [1.165, 1.54) is 28.7 Å². The zero-order valence-electron chi connectivity index (χ0n) is 22.7. The van der Waals surface area contributed by atoms with E-state index in [0.717, 1.165) is 6.33 Å². The second-order valence-corrected chi connectivity index (χ2v) is 15.9. The Morgan fingerprint density at radius 1 is 1.00 bits per heavy atom. The number of rotatable bonds is 2. The molecule has 4 unspecified atom stereocenters. The molecule has 4 N–H and O–H groups in total. The molecule has 4 aromatic heterocycles. The van der Waals surface area contributed by atoms with E-state index < -0.39 is 81.5 Å². The minimum absolute atomic E-state index is 0.0246. The average molecular weight is 710 g/mol. The number of H-pyrrole nitrogens is 1. The van der Waals surface area contributed by atoms with Crippen molar-refractivity contribution in [3.05, 3.63) is 35.2 Å². The van der Waals surface area contributed by atoms with Crippen LogP contribution in [0.15, 0.2) is 23.8 Å². The van der Waals surface area contributed by atoms with E-state index in [1.54, 1.807) is 0 Å². The molecule has 3 aliphatic heterocycles. The number of ether oxygens (including phenoxy) is 2. The molecule has 45 heavy (non-hydrogen) atoms. The SMILES string of the molecule is Cc1nc2c(ncn2[C@@H]2O[C@@H]3COP(O)(=S)O[C@@H]4C(F)[C@H](n5cnc6c(N)ncnc65)O[C@@H]4COP(=O)(S)O[C@H]2C3F)c(=O)[nH]1. The predicted molar refractivity (Wildman–Crippen MR) is 155 cm³/mol. The number of nitrogen functional groups attached to an aromatic ring is 1. The molecule has 2 bridgehead atoms. The van der Waals surface area contributed by atoms with Gasteiger partial charge in [0.05, 0.1) is 25.9 Å². The van der Waals surface area contributed by atoms with Gasteiger partial charge in [-0.15, -0.1) is 0 Å². The summed E-state index contributed by atoms with van der Waals surface area (Å²) in [6.07, 6.45) is -9.55. The highest BCUT2D eigenvalue weighted by molar-refractivity contribution is 8.44. The van der Waals surface area contributed by atoms with Gasteiger partial charge in [0.15, 0.2) is 47.4 Å². The minimum Gasteiger partial charge on any atom is -0.382 e. The zero-order chi connectivity index (χ0) is 31.8. The minimum atomic E-state index is -4.46. The number of nitrogens with two attached hydrogens (primary N) is 1. The Kier molecular flexibility index (Phi) is 7.84. The Morgan fingerprint density at radius 3 is 2.47 bits per heavy atom. The number of fused-ring (bicyclic) bond motifs is 5. The van der Waals surface area contributed by atoms with Crippen molar-refractivity contribution in [2.45, 2.75) is 56.1 Å². The van der Waals surface area contributed by atoms with E-state index in [0.29, 0.717) is 0 Å². The first-order valence-electron chi connectivity index (χ1n) is 13.1. The van der Waals surface area contributed by atoms with Crippen LogP contribution in [-0.4, -0.2) is 93.9 Å². The molecule has 24 heteroatoms. The van der Waals surface area contributed by atoms with E-state index in [2.05, 4.69) is 42.2 Å². The second-order valence-electron chi connectivity index (χ2n) is 10.2. The molecule has 3 saturated heterocycles. The van der Waals surface area contributed by atoms with Crippen LogP contribution in [0.25, 0.3) is 22.3 Å². The van der Waals surface area contributed by atoms with Crippen LogP contribution < -0.4 is 11.3 Å². The Labute approximate surface area is 260 Å². The Hall–Kier alpha value is -2.49. The first kappa shape index (κ1) is 31.1. The van der Waals surface area contributed by atoms with Crippen molar-refractivity contribution in [3.63, 3.8) is 0 Å². The molecule has 7 heterocycles. The molecule has 10 atom stereocenters. The molecule has 0 spiro atoms. The maximum absolute atomic E-state index is 16.0. The molecule has 3 fully saturated rings. The second kappa shape index (κ2) is 11.3. The van der Waals surface area contributed by atoms with E-state index in [4.69, 9.17) is 45.1 Å². The molecular weight excluding hydrogens is 686 g/mol. The molecule has 0 amide bonds. The van der Waals surface area contributed by atoms with Crippen LogP contribution in [0.3, 0.4) is 0 Å². The van der Waals surface area contributed by atoms with E-state index in [-0.39, 0.29) is 34.0 Å². The molecule has 3 aliphatic rings. The van der Waals surface area contributed by atoms with Crippen LogP contribution >= 0.6 is 25.8 Å². The first-order chi connectivity index (χ1) is 21.3. The number of aryl methyl sites for hydroxylation is 1. The molecule has 18 nitrogen and oxygen atoms in total. The fourth-order valence-electron chi connectivity index (χ4n) is 5.33. The van der Waals surface area contributed by atoms with Crippen molar-refractivity contribution >= 4 is 65.7 Å². The zero-order valence-corrected chi connectivity index (χ0v) is 26.2. The number of nitrogens with zero attached hydrogens (tertiary/aromatic N) is 7. The van der Waals surface area contributed by atoms with Crippen molar-refractivity contribution in [2.24, 2.45) is 0 Å². The number of imidazole rings is 2. The Bertz CT molecular complexity index is 1950. The van der Waals surface area contributed by atoms with Crippen LogP contribution in [0, 0.1) is 6.92 Å². The molecular formula is C21H23F2N9O9P2S2. The summed E-state index contributed by atoms with van der Waals surface area (Å²) in [5, 5.41) is 0. The van der Waals surface area contributed by atoms with Crippen molar-refractivity contribution in [1.29, 1.82) is 0 Å². The van der Waals surface area contributed by atoms with Crippen LogP contribution in [0.5, 0.6) is 0 Å². The highest BCUT2D eigenvalue weighted by Gasteiger charge is 2.54. The van der Waals surface area contributed by atoms with Gasteiger partial charge >= 0.3 is 13.5 Å². The van der Waals surface area contributed by atoms with Crippen LogP contribution in [0.4, 0.5) is 14.6 Å². The van der Waals surface area contributed by atoms with Gasteiger partial charge in [-0.25, -0.2) is 38.3 Å². The topological polar surface area (TPSA) is 226 Å². The van der Waals surface area contributed by atoms with Gasteiger partial charge < -0.3 is 29.6 Å². The monoisotopic (exact) mass is 709 g/mol. The summed E-state index contributed by atoms with van der Waals surface area (Å²) >= 11 is 9.14. The number of alkyl halides is 2. The molecule has 4 aromatic rings. The third-order valence-corrected chi connectivity index (χ3v) is 10.5. The molecule has 0 aliphatic carbocycles.